The summed E-state index contributed by atoms with van der Waals surface area (Å²) >= 11 is 0. The third-order valence-corrected chi connectivity index (χ3v) is 8.91. The van der Waals surface area contributed by atoms with Crippen molar-refractivity contribution in [3.8, 4) is 0 Å². The Morgan fingerprint density at radius 1 is 0.612 bits per heavy atom. The van der Waals surface area contributed by atoms with E-state index in [2.05, 4.69) is 49.5 Å². The SMILES string of the molecule is CCCCC/C=C\C/C=C\C(CCCCCCC(=O)NC(CCCN)C(=O)O)OC(=O)CCCCCCC/C=C\CCCCCCCCC. The molecule has 7 heteroatoms. The van der Waals surface area contributed by atoms with Gasteiger partial charge in [-0.15, -0.1) is 0 Å². The predicted molar refractivity (Wildman–Crippen MR) is 207 cm³/mol. The molecule has 0 aromatic rings. The molecule has 0 saturated heterocycles. The largest absolute Gasteiger partial charge is 0.480 e. The number of carboxylic acids is 1. The van der Waals surface area contributed by atoms with Crippen molar-refractivity contribution in [3.05, 3.63) is 36.5 Å². The van der Waals surface area contributed by atoms with Gasteiger partial charge in [0, 0.05) is 12.8 Å². The Labute approximate surface area is 301 Å². The maximum Gasteiger partial charge on any atom is 0.326 e. The normalized spacial score (nSPS) is 13.0. The second kappa shape index (κ2) is 36.9. The molecule has 1 amide bonds. The summed E-state index contributed by atoms with van der Waals surface area (Å²) in [6.07, 6.45) is 42.0. The van der Waals surface area contributed by atoms with Crippen LogP contribution < -0.4 is 11.1 Å². The van der Waals surface area contributed by atoms with Crippen molar-refractivity contribution in [3.63, 3.8) is 0 Å². The highest BCUT2D eigenvalue weighted by atomic mass is 16.5. The molecule has 0 aliphatic heterocycles. The van der Waals surface area contributed by atoms with Crippen LogP contribution in [-0.2, 0) is 19.1 Å². The quantitative estimate of drug-likeness (QED) is 0.0342. The molecule has 0 aliphatic carbocycles. The van der Waals surface area contributed by atoms with Crippen LogP contribution in [0.25, 0.3) is 0 Å². The molecule has 4 N–H and O–H groups in total. The number of aliphatic carboxylic acids is 1. The highest BCUT2D eigenvalue weighted by Gasteiger charge is 2.19. The van der Waals surface area contributed by atoms with E-state index in [1.54, 1.807) is 0 Å². The minimum atomic E-state index is -1.02. The lowest BCUT2D eigenvalue weighted by molar-refractivity contribution is -0.147. The summed E-state index contributed by atoms with van der Waals surface area (Å²) in [7, 11) is 0. The zero-order valence-corrected chi connectivity index (χ0v) is 31.8. The number of amides is 1. The van der Waals surface area contributed by atoms with Crippen molar-refractivity contribution < 1.29 is 24.2 Å². The first-order chi connectivity index (χ1) is 23.9. The first-order valence-electron chi connectivity index (χ1n) is 20.3. The Balaban J connectivity index is 4.31. The number of carbonyl (C=O) groups is 3. The number of nitrogens with two attached hydrogens (primary N) is 1. The van der Waals surface area contributed by atoms with E-state index in [9.17, 15) is 19.5 Å². The number of esters is 1. The molecule has 0 fully saturated rings. The number of hydrogen-bond donors (Lipinski definition) is 3. The topological polar surface area (TPSA) is 119 Å². The molecule has 2 unspecified atom stereocenters. The summed E-state index contributed by atoms with van der Waals surface area (Å²) in [5.41, 5.74) is 5.47. The molecule has 0 heterocycles. The lowest BCUT2D eigenvalue weighted by Gasteiger charge is -2.15. The predicted octanol–water partition coefficient (Wildman–Crippen LogP) is 11.1. The van der Waals surface area contributed by atoms with Crippen molar-refractivity contribution in [2.45, 2.75) is 206 Å². The van der Waals surface area contributed by atoms with Crippen molar-refractivity contribution in [1.82, 2.24) is 5.32 Å². The monoisotopic (exact) mass is 689 g/mol. The molecule has 0 radical (unpaired) electrons. The van der Waals surface area contributed by atoms with Gasteiger partial charge in [0.25, 0.3) is 0 Å². The average molecular weight is 689 g/mol. The number of rotatable bonds is 36. The van der Waals surface area contributed by atoms with E-state index in [-0.39, 0.29) is 18.0 Å². The number of hydrogen-bond acceptors (Lipinski definition) is 5. The third kappa shape index (κ3) is 33.8. The van der Waals surface area contributed by atoms with Gasteiger partial charge < -0.3 is 20.9 Å². The van der Waals surface area contributed by atoms with E-state index in [4.69, 9.17) is 10.5 Å². The first-order valence-corrected chi connectivity index (χ1v) is 20.3. The van der Waals surface area contributed by atoms with Crippen LogP contribution in [0.3, 0.4) is 0 Å². The van der Waals surface area contributed by atoms with E-state index in [0.717, 1.165) is 64.2 Å². The number of unbranched alkanes of at least 4 members (excludes halogenated alkanes) is 18. The van der Waals surface area contributed by atoms with Crippen LogP contribution in [0.1, 0.15) is 194 Å². The van der Waals surface area contributed by atoms with Gasteiger partial charge in [-0.3, -0.25) is 9.59 Å². The van der Waals surface area contributed by atoms with Crippen LogP contribution >= 0.6 is 0 Å². The van der Waals surface area contributed by atoms with Crippen molar-refractivity contribution in [2.24, 2.45) is 5.73 Å². The summed E-state index contributed by atoms with van der Waals surface area (Å²) in [4.78, 5) is 36.2. The van der Waals surface area contributed by atoms with Gasteiger partial charge in [-0.1, -0.05) is 128 Å². The maximum absolute atomic E-state index is 12.7. The van der Waals surface area contributed by atoms with Crippen LogP contribution in [0.5, 0.6) is 0 Å². The molecule has 0 rings (SSSR count). The Kier molecular flexibility index (Phi) is 35.0. The molecule has 0 aromatic carbocycles. The van der Waals surface area contributed by atoms with Gasteiger partial charge in [-0.05, 0) is 96.1 Å². The van der Waals surface area contributed by atoms with E-state index in [1.165, 1.54) is 83.5 Å². The molecule has 2 atom stereocenters. The lowest BCUT2D eigenvalue weighted by atomic mass is 10.1. The van der Waals surface area contributed by atoms with Gasteiger partial charge in [-0.2, -0.15) is 0 Å². The van der Waals surface area contributed by atoms with Gasteiger partial charge in [0.05, 0.1) is 0 Å². The molecule has 284 valence electrons. The molecular formula is C42H76N2O5. The zero-order chi connectivity index (χ0) is 36.0. The molecular weight excluding hydrogens is 612 g/mol. The van der Waals surface area contributed by atoms with Gasteiger partial charge >= 0.3 is 11.9 Å². The van der Waals surface area contributed by atoms with Crippen LogP contribution in [0, 0.1) is 0 Å². The highest BCUT2D eigenvalue weighted by molar-refractivity contribution is 5.83. The van der Waals surface area contributed by atoms with E-state index < -0.39 is 12.0 Å². The standard InChI is InChI=1S/C42H76N2O5/c1-3-5-7-9-11-13-14-15-16-17-18-19-20-22-24-30-36-41(46)49-38(32-27-23-21-12-10-8-6-4-2)33-28-25-26-29-35-40(45)44-39(42(47)48)34-31-37-43/h12,16-17,21,27,32,38-39H,3-11,13-15,18-20,22-26,28-31,33-37,43H2,1-2H3,(H,44,45)(H,47,48)/b17-16-,21-12-,32-27-. The van der Waals surface area contributed by atoms with E-state index in [0.29, 0.717) is 38.6 Å². The number of carboxylic acid groups (broad SMARTS) is 1. The highest BCUT2D eigenvalue weighted by Crippen LogP contribution is 2.15. The van der Waals surface area contributed by atoms with E-state index in [1.807, 2.05) is 6.08 Å². The summed E-state index contributed by atoms with van der Waals surface area (Å²) < 4.78 is 5.89. The minimum absolute atomic E-state index is 0.114. The Hall–Kier alpha value is -2.41. The molecule has 0 bridgehead atoms. The number of allylic oxidation sites excluding steroid dienone is 5. The third-order valence-electron chi connectivity index (χ3n) is 8.91. The Morgan fingerprint density at radius 3 is 1.73 bits per heavy atom. The fraction of sp³-hybridized carbons (Fsp3) is 0.786. The number of carbonyl (C=O) groups excluding carboxylic acids is 2. The summed E-state index contributed by atoms with van der Waals surface area (Å²) in [6, 6.07) is -0.874. The molecule has 0 aliphatic rings. The first kappa shape index (κ1) is 46.6. The minimum Gasteiger partial charge on any atom is -0.480 e. The van der Waals surface area contributed by atoms with Gasteiger partial charge in [0.15, 0.2) is 0 Å². The fourth-order valence-corrected chi connectivity index (χ4v) is 5.80. The van der Waals surface area contributed by atoms with Crippen molar-refractivity contribution in [1.29, 1.82) is 0 Å². The van der Waals surface area contributed by atoms with Gasteiger partial charge in [-0.25, -0.2) is 4.79 Å². The van der Waals surface area contributed by atoms with Gasteiger partial charge in [0.2, 0.25) is 5.91 Å². The number of ether oxygens (including phenoxy) is 1. The molecule has 0 saturated carbocycles. The summed E-state index contributed by atoms with van der Waals surface area (Å²) in [6.45, 7) is 4.88. The average Bonchev–Trinajstić information content (AvgIpc) is 3.08. The van der Waals surface area contributed by atoms with Crippen LogP contribution in [0.4, 0.5) is 0 Å². The smallest absolute Gasteiger partial charge is 0.326 e. The zero-order valence-electron chi connectivity index (χ0n) is 31.8. The van der Waals surface area contributed by atoms with Crippen molar-refractivity contribution in [2.75, 3.05) is 6.54 Å². The number of nitrogens with one attached hydrogen (secondary N) is 1. The Morgan fingerprint density at radius 2 is 1.12 bits per heavy atom. The molecule has 7 nitrogen and oxygen atoms in total. The summed E-state index contributed by atoms with van der Waals surface area (Å²) in [5, 5.41) is 11.9. The lowest BCUT2D eigenvalue weighted by Crippen LogP contribution is -2.40. The van der Waals surface area contributed by atoms with Crippen LogP contribution in [-0.4, -0.2) is 41.6 Å². The molecule has 0 aromatic heterocycles. The maximum atomic E-state index is 12.7. The molecule has 0 spiro atoms. The Bertz CT molecular complexity index is 869. The van der Waals surface area contributed by atoms with Crippen molar-refractivity contribution >= 4 is 17.8 Å². The second-order valence-corrected chi connectivity index (χ2v) is 13.7. The fourth-order valence-electron chi connectivity index (χ4n) is 5.80. The van der Waals surface area contributed by atoms with E-state index >= 15 is 0 Å². The van der Waals surface area contributed by atoms with Crippen LogP contribution in [0.2, 0.25) is 0 Å². The summed E-state index contributed by atoms with van der Waals surface area (Å²) in [5.74, 6) is -1.36. The van der Waals surface area contributed by atoms with Gasteiger partial charge in [0.1, 0.15) is 12.1 Å². The second-order valence-electron chi connectivity index (χ2n) is 13.7. The van der Waals surface area contributed by atoms with Crippen LogP contribution in [0.15, 0.2) is 36.5 Å². The molecule has 49 heavy (non-hydrogen) atoms.